The number of anilines is 1. The first-order valence-corrected chi connectivity index (χ1v) is 13.8. The number of hydrogen-bond donors (Lipinski definition) is 1. The Labute approximate surface area is 234 Å². The van der Waals surface area contributed by atoms with Crippen molar-refractivity contribution in [3.8, 4) is 22.8 Å². The minimum Gasteiger partial charge on any atom is -0.497 e. The van der Waals surface area contributed by atoms with Crippen molar-refractivity contribution in [3.63, 3.8) is 0 Å². The minimum atomic E-state index is 0.0251. The van der Waals surface area contributed by atoms with E-state index in [1.54, 1.807) is 7.11 Å². The molecule has 0 spiro atoms. The molecule has 0 unspecified atom stereocenters. The second-order valence-corrected chi connectivity index (χ2v) is 10.3. The number of hydrogen-bond acceptors (Lipinski definition) is 6. The van der Waals surface area contributed by atoms with Crippen molar-refractivity contribution < 1.29 is 9.53 Å². The molecule has 0 radical (unpaired) electrons. The molecule has 40 heavy (non-hydrogen) atoms. The number of carbonyl (C=O) groups excluding carboxylic acids is 1. The summed E-state index contributed by atoms with van der Waals surface area (Å²) in [5.41, 5.74) is 5.28. The zero-order valence-corrected chi connectivity index (χ0v) is 22.8. The summed E-state index contributed by atoms with van der Waals surface area (Å²) >= 11 is 0. The number of nitrogens with one attached hydrogen (secondary N) is 1. The highest BCUT2D eigenvalue weighted by Crippen LogP contribution is 2.32. The van der Waals surface area contributed by atoms with Crippen LogP contribution in [0.2, 0.25) is 0 Å². The number of carbonyl (C=O) groups is 1. The van der Waals surface area contributed by atoms with E-state index in [0.717, 1.165) is 79.9 Å². The molecule has 8 nitrogen and oxygen atoms in total. The van der Waals surface area contributed by atoms with E-state index in [4.69, 9.17) is 4.74 Å². The number of ether oxygens (including phenoxy) is 1. The molecule has 4 aromatic rings. The van der Waals surface area contributed by atoms with Gasteiger partial charge in [-0.2, -0.15) is 0 Å². The Balaban J connectivity index is 1.04. The molecule has 1 saturated heterocycles. The minimum absolute atomic E-state index is 0.0251. The topological polar surface area (TPSA) is 75.5 Å². The number of amides is 1. The zero-order chi connectivity index (χ0) is 27.3. The maximum atomic E-state index is 12.9. The third-order valence-electron chi connectivity index (χ3n) is 7.61. The van der Waals surface area contributed by atoms with Gasteiger partial charge in [0.05, 0.1) is 19.3 Å². The van der Waals surface area contributed by atoms with Gasteiger partial charge < -0.3 is 10.1 Å². The number of methoxy groups -OCH3 is 1. The van der Waals surface area contributed by atoms with Gasteiger partial charge in [-0.1, -0.05) is 42.5 Å². The van der Waals surface area contributed by atoms with Gasteiger partial charge in [-0.3, -0.25) is 19.2 Å². The molecule has 0 atom stereocenters. The molecule has 6 rings (SSSR count). The lowest BCUT2D eigenvalue weighted by molar-refractivity contribution is -0.117. The first-order chi connectivity index (χ1) is 19.7. The van der Waals surface area contributed by atoms with Crippen LogP contribution in [0.5, 0.6) is 5.75 Å². The monoisotopic (exact) mass is 534 g/mol. The maximum absolute atomic E-state index is 12.9. The van der Waals surface area contributed by atoms with Crippen LogP contribution in [-0.2, 0) is 17.6 Å². The quantitative estimate of drug-likeness (QED) is 0.363. The summed E-state index contributed by atoms with van der Waals surface area (Å²) in [6.45, 7) is 5.04. The lowest BCUT2D eigenvalue weighted by Gasteiger charge is -2.33. The Bertz CT molecular complexity index is 1490. The van der Waals surface area contributed by atoms with Gasteiger partial charge in [0.25, 0.3) is 0 Å². The van der Waals surface area contributed by atoms with E-state index >= 15 is 0 Å². The largest absolute Gasteiger partial charge is 0.497 e. The summed E-state index contributed by atoms with van der Waals surface area (Å²) in [7, 11) is 1.66. The Morgan fingerprint density at radius 3 is 2.48 bits per heavy atom. The fourth-order valence-corrected chi connectivity index (χ4v) is 5.42. The Hall–Kier alpha value is -4.27. The van der Waals surface area contributed by atoms with Crippen LogP contribution in [0, 0.1) is 0 Å². The molecular weight excluding hydrogens is 500 g/mol. The van der Waals surface area contributed by atoms with Gasteiger partial charge in [-0.15, -0.1) is 10.2 Å². The summed E-state index contributed by atoms with van der Waals surface area (Å²) in [6.07, 6.45) is 6.05. The molecule has 1 aromatic heterocycles. The van der Waals surface area contributed by atoms with E-state index in [2.05, 4.69) is 78.4 Å². The van der Waals surface area contributed by atoms with E-state index in [9.17, 15) is 4.79 Å². The summed E-state index contributed by atoms with van der Waals surface area (Å²) in [6, 6.07) is 24.4. The standard InChI is InChI=1S/C32H34N6O2/c1-40-28-13-9-25(10-14-28)32-35-34-30-16-11-26-22-27(12-15-29(26)38(30)32)33-31(39)23-37-20-18-36(19-21-37)17-5-8-24-6-3-2-4-7-24/h2-10,12-15,22H,11,16-21,23H2,1H3,(H,33,39)/b8-5+. The van der Waals surface area contributed by atoms with Crippen molar-refractivity contribution >= 4 is 17.7 Å². The van der Waals surface area contributed by atoms with Crippen LogP contribution in [0.25, 0.3) is 23.2 Å². The van der Waals surface area contributed by atoms with E-state index in [1.807, 2.05) is 36.4 Å². The molecular formula is C32H34N6O2. The number of aromatic nitrogens is 3. The van der Waals surface area contributed by atoms with E-state index in [0.29, 0.717) is 6.54 Å². The average Bonchev–Trinajstić information content (AvgIpc) is 3.43. The molecule has 8 heteroatoms. The van der Waals surface area contributed by atoms with Gasteiger partial charge in [0.15, 0.2) is 5.82 Å². The average molecular weight is 535 g/mol. The third kappa shape index (κ3) is 5.83. The third-order valence-corrected chi connectivity index (χ3v) is 7.61. The lowest BCUT2D eigenvalue weighted by atomic mass is 10.0. The van der Waals surface area contributed by atoms with Crippen molar-refractivity contribution in [2.24, 2.45) is 0 Å². The number of aryl methyl sites for hydroxylation is 2. The van der Waals surface area contributed by atoms with Crippen LogP contribution in [-0.4, -0.2) is 76.8 Å². The second-order valence-electron chi connectivity index (χ2n) is 10.3. The molecule has 2 aliphatic rings. The lowest BCUT2D eigenvalue weighted by Crippen LogP contribution is -2.48. The Kier molecular flexibility index (Phi) is 7.70. The normalized spacial score (nSPS) is 15.5. The van der Waals surface area contributed by atoms with Crippen molar-refractivity contribution in [1.29, 1.82) is 0 Å². The molecule has 1 amide bonds. The summed E-state index contributed by atoms with van der Waals surface area (Å²) in [5.74, 6) is 2.59. The molecule has 0 bridgehead atoms. The van der Waals surface area contributed by atoms with E-state index in [1.165, 1.54) is 11.1 Å². The summed E-state index contributed by atoms with van der Waals surface area (Å²) < 4.78 is 7.42. The van der Waals surface area contributed by atoms with Crippen LogP contribution in [0.15, 0.2) is 78.9 Å². The van der Waals surface area contributed by atoms with Crippen LogP contribution in [0.1, 0.15) is 17.0 Å². The van der Waals surface area contributed by atoms with Gasteiger partial charge >= 0.3 is 0 Å². The Morgan fingerprint density at radius 2 is 1.70 bits per heavy atom. The SMILES string of the molecule is COc1ccc(-c2nnc3n2-c2ccc(NC(=O)CN4CCN(C/C=C/c5ccccc5)CC4)cc2CC3)cc1. The second kappa shape index (κ2) is 11.9. The highest BCUT2D eigenvalue weighted by atomic mass is 16.5. The highest BCUT2D eigenvalue weighted by molar-refractivity contribution is 5.92. The first-order valence-electron chi connectivity index (χ1n) is 13.8. The molecule has 1 fully saturated rings. The fraction of sp³-hybridized carbons (Fsp3) is 0.281. The van der Waals surface area contributed by atoms with Gasteiger partial charge in [0.1, 0.15) is 11.6 Å². The number of piperazine rings is 1. The smallest absolute Gasteiger partial charge is 0.238 e. The zero-order valence-electron chi connectivity index (χ0n) is 22.8. The van der Waals surface area contributed by atoms with Crippen molar-refractivity contribution in [1.82, 2.24) is 24.6 Å². The van der Waals surface area contributed by atoms with Crippen LogP contribution >= 0.6 is 0 Å². The molecule has 204 valence electrons. The predicted octanol–water partition coefficient (Wildman–Crippen LogP) is 4.31. The maximum Gasteiger partial charge on any atom is 0.238 e. The molecule has 0 aliphatic carbocycles. The van der Waals surface area contributed by atoms with Gasteiger partial charge in [0, 0.05) is 50.4 Å². The Morgan fingerprint density at radius 1 is 0.925 bits per heavy atom. The molecule has 2 aliphatic heterocycles. The van der Waals surface area contributed by atoms with Crippen molar-refractivity contribution in [3.05, 3.63) is 95.8 Å². The van der Waals surface area contributed by atoms with E-state index in [-0.39, 0.29) is 5.91 Å². The molecule has 3 aromatic carbocycles. The predicted molar refractivity (Wildman–Crippen MR) is 158 cm³/mol. The number of nitrogens with zero attached hydrogens (tertiary/aromatic N) is 5. The number of rotatable bonds is 8. The number of fused-ring (bicyclic) bond motifs is 3. The van der Waals surface area contributed by atoms with Gasteiger partial charge in [0.2, 0.25) is 5.91 Å². The van der Waals surface area contributed by atoms with Gasteiger partial charge in [-0.05, 0) is 60.0 Å². The van der Waals surface area contributed by atoms with E-state index < -0.39 is 0 Å². The van der Waals surface area contributed by atoms with Crippen LogP contribution < -0.4 is 10.1 Å². The van der Waals surface area contributed by atoms with Crippen LogP contribution in [0.3, 0.4) is 0 Å². The van der Waals surface area contributed by atoms with Gasteiger partial charge in [-0.25, -0.2) is 0 Å². The molecule has 1 N–H and O–H groups in total. The molecule has 3 heterocycles. The van der Waals surface area contributed by atoms with Crippen molar-refractivity contribution in [2.45, 2.75) is 12.8 Å². The summed E-state index contributed by atoms with van der Waals surface area (Å²) in [4.78, 5) is 17.6. The summed E-state index contributed by atoms with van der Waals surface area (Å²) in [5, 5.41) is 12.0. The van der Waals surface area contributed by atoms with Crippen LogP contribution in [0.4, 0.5) is 5.69 Å². The fourth-order valence-electron chi connectivity index (χ4n) is 5.42. The first kappa shape index (κ1) is 26.0. The van der Waals surface area contributed by atoms with Crippen molar-refractivity contribution in [2.75, 3.05) is 51.7 Å². The highest BCUT2D eigenvalue weighted by Gasteiger charge is 2.23. The number of benzene rings is 3. The molecule has 0 saturated carbocycles.